The highest BCUT2D eigenvalue weighted by Gasteiger charge is 2.27. The molecule has 0 aliphatic heterocycles. The first kappa shape index (κ1) is 10.5. The van der Waals surface area contributed by atoms with Crippen LogP contribution in [-0.2, 0) is 5.41 Å². The lowest BCUT2D eigenvalue weighted by molar-refractivity contribution is 0.292. The second kappa shape index (κ2) is 3.51. The van der Waals surface area contributed by atoms with Crippen molar-refractivity contribution in [2.24, 2.45) is 0 Å². The smallest absolute Gasteiger partial charge is 0.142 e. The fourth-order valence-electron chi connectivity index (χ4n) is 1.56. The third kappa shape index (κ3) is 2.49. The van der Waals surface area contributed by atoms with Gasteiger partial charge in [-0.2, -0.15) is 0 Å². The summed E-state index contributed by atoms with van der Waals surface area (Å²) in [7, 11) is 0. The van der Waals surface area contributed by atoms with Crippen LogP contribution in [0.5, 0.6) is 5.75 Å². The number of hydrogen-bond acceptors (Lipinski definition) is 2. The third-order valence-corrected chi connectivity index (χ3v) is 2.52. The molecule has 1 aromatic rings. The topological polar surface area (TPSA) is 22.1 Å². The van der Waals surface area contributed by atoms with Gasteiger partial charge in [-0.3, -0.25) is 4.98 Å². The van der Waals surface area contributed by atoms with E-state index >= 15 is 0 Å². The Labute approximate surface area is 91.7 Å². The number of ether oxygens (including phenoxy) is 1. The minimum atomic E-state index is 0.0535. The number of nitrogens with zero attached hydrogens (tertiary/aromatic N) is 1. The minimum absolute atomic E-state index is 0.0535. The van der Waals surface area contributed by atoms with Crippen LogP contribution in [0.1, 0.15) is 44.9 Å². The molecule has 2 heteroatoms. The van der Waals surface area contributed by atoms with E-state index in [2.05, 4.69) is 38.7 Å². The van der Waals surface area contributed by atoms with E-state index in [4.69, 9.17) is 4.74 Å². The van der Waals surface area contributed by atoms with E-state index in [9.17, 15) is 0 Å². The number of rotatable bonds is 2. The molecule has 0 unspecified atom stereocenters. The van der Waals surface area contributed by atoms with Crippen molar-refractivity contribution in [3.8, 4) is 5.75 Å². The van der Waals surface area contributed by atoms with Gasteiger partial charge in [-0.05, 0) is 31.4 Å². The Morgan fingerprint density at radius 1 is 1.33 bits per heavy atom. The monoisotopic (exact) mass is 205 g/mol. The summed E-state index contributed by atoms with van der Waals surface area (Å²) < 4.78 is 5.90. The molecule has 0 atom stereocenters. The summed E-state index contributed by atoms with van der Waals surface area (Å²) in [6.07, 6.45) is 4.74. The average Bonchev–Trinajstić information content (AvgIpc) is 2.85. The van der Waals surface area contributed by atoms with Crippen molar-refractivity contribution in [3.05, 3.63) is 23.5 Å². The van der Waals surface area contributed by atoms with E-state index in [-0.39, 0.29) is 5.41 Å². The van der Waals surface area contributed by atoms with Crippen LogP contribution in [0.3, 0.4) is 0 Å². The van der Waals surface area contributed by atoms with Crippen molar-refractivity contribution in [3.63, 3.8) is 0 Å². The Hall–Kier alpha value is -1.05. The van der Waals surface area contributed by atoms with Crippen LogP contribution < -0.4 is 4.74 Å². The maximum absolute atomic E-state index is 5.90. The zero-order valence-corrected chi connectivity index (χ0v) is 10.0. The molecule has 0 radical (unpaired) electrons. The zero-order chi connectivity index (χ0) is 11.1. The predicted octanol–water partition coefficient (Wildman–Crippen LogP) is 3.23. The first-order chi connectivity index (χ1) is 6.97. The van der Waals surface area contributed by atoms with Crippen molar-refractivity contribution in [1.82, 2.24) is 4.98 Å². The van der Waals surface area contributed by atoms with Crippen LogP contribution in [0.25, 0.3) is 0 Å². The first-order valence-corrected chi connectivity index (χ1v) is 5.60. The van der Waals surface area contributed by atoms with Crippen LogP contribution in [0.15, 0.2) is 12.3 Å². The first-order valence-electron chi connectivity index (χ1n) is 5.60. The number of aromatic nitrogens is 1. The maximum Gasteiger partial charge on any atom is 0.142 e. The predicted molar refractivity (Wildman–Crippen MR) is 61.3 cm³/mol. The maximum atomic E-state index is 5.90. The van der Waals surface area contributed by atoms with Crippen LogP contribution in [0, 0.1) is 6.92 Å². The molecule has 1 aliphatic rings. The summed E-state index contributed by atoms with van der Waals surface area (Å²) in [5.41, 5.74) is 2.29. The molecular formula is C13H19NO. The van der Waals surface area contributed by atoms with Crippen LogP contribution >= 0.6 is 0 Å². The van der Waals surface area contributed by atoms with E-state index in [1.54, 1.807) is 0 Å². The van der Waals surface area contributed by atoms with Crippen molar-refractivity contribution in [1.29, 1.82) is 0 Å². The molecule has 0 bridgehead atoms. The van der Waals surface area contributed by atoms with E-state index in [0.29, 0.717) is 6.10 Å². The molecule has 82 valence electrons. The molecule has 0 spiro atoms. The fraction of sp³-hybridized carbons (Fsp3) is 0.615. The van der Waals surface area contributed by atoms with Gasteiger partial charge in [0.05, 0.1) is 11.8 Å². The minimum Gasteiger partial charge on any atom is -0.488 e. The summed E-state index contributed by atoms with van der Waals surface area (Å²) in [6.45, 7) is 8.57. The Bertz CT molecular complexity index is 361. The van der Waals surface area contributed by atoms with Gasteiger partial charge < -0.3 is 4.74 Å². The number of pyridine rings is 1. The van der Waals surface area contributed by atoms with E-state index in [0.717, 1.165) is 11.4 Å². The van der Waals surface area contributed by atoms with Crippen molar-refractivity contribution < 1.29 is 4.74 Å². The molecule has 15 heavy (non-hydrogen) atoms. The van der Waals surface area contributed by atoms with Crippen molar-refractivity contribution in [2.45, 2.75) is 52.1 Å². The zero-order valence-electron chi connectivity index (χ0n) is 10.0. The van der Waals surface area contributed by atoms with Crippen LogP contribution in [0.2, 0.25) is 0 Å². The normalized spacial score (nSPS) is 16.5. The van der Waals surface area contributed by atoms with Crippen molar-refractivity contribution >= 4 is 0 Å². The largest absolute Gasteiger partial charge is 0.488 e. The Morgan fingerprint density at radius 2 is 2.00 bits per heavy atom. The third-order valence-electron chi connectivity index (χ3n) is 2.52. The van der Waals surface area contributed by atoms with Gasteiger partial charge in [-0.15, -0.1) is 0 Å². The van der Waals surface area contributed by atoms with E-state index in [1.807, 2.05) is 6.20 Å². The molecule has 0 aromatic carbocycles. The molecule has 1 heterocycles. The highest BCUT2D eigenvalue weighted by Crippen LogP contribution is 2.34. The molecule has 1 aliphatic carbocycles. The molecule has 1 fully saturated rings. The summed E-state index contributed by atoms with van der Waals surface area (Å²) in [6, 6.07) is 2.10. The van der Waals surface area contributed by atoms with Crippen molar-refractivity contribution in [2.75, 3.05) is 0 Å². The highest BCUT2D eigenvalue weighted by molar-refractivity contribution is 5.35. The van der Waals surface area contributed by atoms with Gasteiger partial charge in [0.15, 0.2) is 0 Å². The summed E-state index contributed by atoms with van der Waals surface area (Å²) in [5, 5.41) is 0. The molecule has 0 N–H and O–H groups in total. The van der Waals surface area contributed by atoms with Gasteiger partial charge in [-0.1, -0.05) is 20.8 Å². The lowest BCUT2D eigenvalue weighted by Gasteiger charge is -2.21. The number of aryl methyl sites for hydroxylation is 1. The lowest BCUT2D eigenvalue weighted by atomic mass is 9.90. The average molecular weight is 205 g/mol. The molecule has 2 rings (SSSR count). The van der Waals surface area contributed by atoms with Gasteiger partial charge in [0.25, 0.3) is 0 Å². The summed E-state index contributed by atoms with van der Waals surface area (Å²) >= 11 is 0. The molecule has 1 saturated carbocycles. The van der Waals surface area contributed by atoms with Gasteiger partial charge in [0.2, 0.25) is 0 Å². The Morgan fingerprint density at radius 3 is 2.53 bits per heavy atom. The Kier molecular flexibility index (Phi) is 2.45. The summed E-state index contributed by atoms with van der Waals surface area (Å²) in [5.74, 6) is 0.977. The van der Waals surface area contributed by atoms with Gasteiger partial charge in [0, 0.05) is 11.6 Å². The van der Waals surface area contributed by atoms with E-state index in [1.165, 1.54) is 18.4 Å². The Balaban J connectivity index is 2.34. The second-order valence-corrected chi connectivity index (χ2v) is 5.43. The highest BCUT2D eigenvalue weighted by atomic mass is 16.5. The lowest BCUT2D eigenvalue weighted by Crippen LogP contribution is -2.16. The second-order valence-electron chi connectivity index (χ2n) is 5.43. The van der Waals surface area contributed by atoms with Crippen LogP contribution in [-0.4, -0.2) is 11.1 Å². The van der Waals surface area contributed by atoms with Crippen LogP contribution in [0.4, 0.5) is 0 Å². The molecule has 1 aromatic heterocycles. The summed E-state index contributed by atoms with van der Waals surface area (Å²) in [4.78, 5) is 4.51. The molecule has 0 amide bonds. The number of hydrogen-bond donors (Lipinski definition) is 0. The quantitative estimate of drug-likeness (QED) is 0.739. The molecule has 0 saturated heterocycles. The van der Waals surface area contributed by atoms with Gasteiger partial charge in [0.1, 0.15) is 5.75 Å². The standard InChI is InChI=1S/C13H19NO/c1-9-7-11(15-10-5-6-10)12(14-8-9)13(2,3)4/h7-8,10H,5-6H2,1-4H3. The molecule has 2 nitrogen and oxygen atoms in total. The van der Waals surface area contributed by atoms with Gasteiger partial charge >= 0.3 is 0 Å². The molecular weight excluding hydrogens is 186 g/mol. The van der Waals surface area contributed by atoms with Gasteiger partial charge in [-0.25, -0.2) is 0 Å². The SMILES string of the molecule is Cc1cnc(C(C)(C)C)c(OC2CC2)c1. The van der Waals surface area contributed by atoms with E-state index < -0.39 is 0 Å². The fourth-order valence-corrected chi connectivity index (χ4v) is 1.56.